The van der Waals surface area contributed by atoms with Crippen LogP contribution in [0.5, 0.6) is 0 Å². The second-order valence-corrected chi connectivity index (χ2v) is 7.54. The Kier molecular flexibility index (Phi) is 12.6. The summed E-state index contributed by atoms with van der Waals surface area (Å²) < 4.78 is 26.7. The van der Waals surface area contributed by atoms with E-state index in [-0.39, 0.29) is 6.10 Å². The summed E-state index contributed by atoms with van der Waals surface area (Å²) in [5.41, 5.74) is 0. The van der Waals surface area contributed by atoms with Crippen LogP contribution in [0.1, 0.15) is 90.9 Å². The van der Waals surface area contributed by atoms with Crippen LogP contribution < -0.4 is 0 Å². The van der Waals surface area contributed by atoms with E-state index in [0.29, 0.717) is 0 Å². The maximum absolute atomic E-state index is 10.9. The molecule has 0 saturated carbocycles. The van der Waals surface area contributed by atoms with Gasteiger partial charge in [0.05, 0.1) is 12.4 Å². The minimum atomic E-state index is -3.29. The lowest BCUT2D eigenvalue weighted by Gasteiger charge is -2.10. The maximum atomic E-state index is 10.9. The molecule has 0 spiro atoms. The molecule has 0 aliphatic heterocycles. The van der Waals surface area contributed by atoms with Crippen molar-refractivity contribution in [2.75, 3.05) is 6.26 Å². The van der Waals surface area contributed by atoms with Gasteiger partial charge >= 0.3 is 0 Å². The fourth-order valence-electron chi connectivity index (χ4n) is 2.44. The summed E-state index contributed by atoms with van der Waals surface area (Å²) >= 11 is 0. The first-order valence-electron chi connectivity index (χ1n) is 8.34. The topological polar surface area (TPSA) is 43.4 Å². The Morgan fingerprint density at radius 1 is 0.800 bits per heavy atom. The highest BCUT2D eigenvalue weighted by Gasteiger charge is 2.09. The van der Waals surface area contributed by atoms with E-state index in [4.69, 9.17) is 4.18 Å². The molecule has 0 aromatic carbocycles. The van der Waals surface area contributed by atoms with Crippen LogP contribution in [0.25, 0.3) is 0 Å². The van der Waals surface area contributed by atoms with Crippen LogP contribution >= 0.6 is 0 Å². The molecule has 0 amide bonds. The quantitative estimate of drug-likeness (QED) is 0.333. The van der Waals surface area contributed by atoms with Gasteiger partial charge in [0.2, 0.25) is 0 Å². The Labute approximate surface area is 126 Å². The molecular formula is C16H34O3S. The van der Waals surface area contributed by atoms with Gasteiger partial charge in [-0.3, -0.25) is 4.18 Å². The smallest absolute Gasteiger partial charge is 0.264 e. The van der Waals surface area contributed by atoms with Crippen LogP contribution in [-0.4, -0.2) is 20.8 Å². The fourth-order valence-corrected chi connectivity index (χ4v) is 3.14. The van der Waals surface area contributed by atoms with Crippen LogP contribution in [0.4, 0.5) is 0 Å². The third-order valence-electron chi connectivity index (χ3n) is 3.55. The van der Waals surface area contributed by atoms with Crippen molar-refractivity contribution in [3.05, 3.63) is 0 Å². The summed E-state index contributed by atoms with van der Waals surface area (Å²) in [6.07, 6.45) is 16.2. The van der Waals surface area contributed by atoms with E-state index in [1.54, 1.807) is 0 Å². The molecule has 4 heteroatoms. The Bertz CT molecular complexity index is 299. The van der Waals surface area contributed by atoms with Crippen molar-refractivity contribution >= 4 is 10.1 Å². The van der Waals surface area contributed by atoms with E-state index in [1.165, 1.54) is 64.2 Å². The van der Waals surface area contributed by atoms with Gasteiger partial charge in [0.15, 0.2) is 0 Å². The van der Waals surface area contributed by atoms with E-state index in [1.807, 2.05) is 6.92 Å². The molecule has 122 valence electrons. The van der Waals surface area contributed by atoms with Crippen molar-refractivity contribution in [3.63, 3.8) is 0 Å². The number of hydrogen-bond donors (Lipinski definition) is 0. The van der Waals surface area contributed by atoms with Crippen LogP contribution in [0.15, 0.2) is 0 Å². The highest BCUT2D eigenvalue weighted by atomic mass is 32.2. The monoisotopic (exact) mass is 306 g/mol. The molecule has 0 N–H and O–H groups in total. The predicted octanol–water partition coefficient (Wildman–Crippen LogP) is 5.05. The molecule has 20 heavy (non-hydrogen) atoms. The Balaban J connectivity index is 3.20. The largest absolute Gasteiger partial charge is 0.267 e. The van der Waals surface area contributed by atoms with Crippen LogP contribution in [0.3, 0.4) is 0 Å². The average molecular weight is 307 g/mol. The summed E-state index contributed by atoms with van der Waals surface area (Å²) in [6, 6.07) is 0. The average Bonchev–Trinajstić information content (AvgIpc) is 2.34. The highest BCUT2D eigenvalue weighted by Crippen LogP contribution is 2.13. The third kappa shape index (κ3) is 16.0. The minimum Gasteiger partial charge on any atom is -0.267 e. The molecule has 0 heterocycles. The zero-order valence-electron chi connectivity index (χ0n) is 13.7. The molecule has 0 radical (unpaired) electrons. The molecule has 1 atom stereocenters. The van der Waals surface area contributed by atoms with Crippen LogP contribution in [0, 0.1) is 0 Å². The zero-order valence-corrected chi connectivity index (χ0v) is 14.5. The fraction of sp³-hybridized carbons (Fsp3) is 1.00. The van der Waals surface area contributed by atoms with Crippen molar-refractivity contribution in [1.82, 2.24) is 0 Å². The molecule has 0 saturated heterocycles. The highest BCUT2D eigenvalue weighted by molar-refractivity contribution is 7.86. The van der Waals surface area contributed by atoms with Crippen molar-refractivity contribution < 1.29 is 12.6 Å². The minimum absolute atomic E-state index is 0.177. The van der Waals surface area contributed by atoms with Crippen molar-refractivity contribution in [1.29, 1.82) is 0 Å². The summed E-state index contributed by atoms with van der Waals surface area (Å²) in [5, 5.41) is 0. The van der Waals surface area contributed by atoms with E-state index >= 15 is 0 Å². The summed E-state index contributed by atoms with van der Waals surface area (Å²) in [4.78, 5) is 0. The Morgan fingerprint density at radius 2 is 1.20 bits per heavy atom. The van der Waals surface area contributed by atoms with Crippen LogP contribution in [-0.2, 0) is 14.3 Å². The lowest BCUT2D eigenvalue weighted by atomic mass is 10.0. The van der Waals surface area contributed by atoms with Gasteiger partial charge in [-0.1, -0.05) is 77.6 Å². The molecule has 0 aliphatic rings. The molecule has 0 bridgehead atoms. The van der Waals surface area contributed by atoms with Crippen LogP contribution in [0.2, 0.25) is 0 Å². The Hall–Kier alpha value is -0.0900. The van der Waals surface area contributed by atoms with Gasteiger partial charge in [0.25, 0.3) is 10.1 Å². The number of rotatable bonds is 14. The van der Waals surface area contributed by atoms with E-state index in [9.17, 15) is 8.42 Å². The number of unbranched alkanes of at least 4 members (excludes halogenated alkanes) is 10. The van der Waals surface area contributed by atoms with Crippen molar-refractivity contribution in [2.24, 2.45) is 0 Å². The predicted molar refractivity (Wildman–Crippen MR) is 86.5 cm³/mol. The van der Waals surface area contributed by atoms with Gasteiger partial charge in [-0.25, -0.2) is 0 Å². The van der Waals surface area contributed by atoms with Gasteiger partial charge in [-0.05, 0) is 13.3 Å². The zero-order chi connectivity index (χ0) is 15.3. The van der Waals surface area contributed by atoms with Gasteiger partial charge in [0.1, 0.15) is 0 Å². The molecule has 1 unspecified atom stereocenters. The molecule has 0 aromatic rings. The second kappa shape index (κ2) is 12.6. The third-order valence-corrected chi connectivity index (χ3v) is 4.23. The first kappa shape index (κ1) is 19.9. The summed E-state index contributed by atoms with van der Waals surface area (Å²) in [7, 11) is -3.29. The molecule has 0 aliphatic carbocycles. The molecule has 3 nitrogen and oxygen atoms in total. The first-order chi connectivity index (χ1) is 9.45. The molecule has 0 fully saturated rings. The lowest BCUT2D eigenvalue weighted by molar-refractivity contribution is 0.216. The SMILES string of the molecule is CCCCCCCCCCCCCC(C)OS(C)(=O)=O. The van der Waals surface area contributed by atoms with Gasteiger partial charge in [-0.15, -0.1) is 0 Å². The van der Waals surface area contributed by atoms with Crippen molar-refractivity contribution in [3.8, 4) is 0 Å². The molecular weight excluding hydrogens is 272 g/mol. The Morgan fingerprint density at radius 3 is 1.60 bits per heavy atom. The van der Waals surface area contributed by atoms with Gasteiger partial charge in [0, 0.05) is 0 Å². The molecule has 0 rings (SSSR count). The first-order valence-corrected chi connectivity index (χ1v) is 10.2. The standard InChI is InChI=1S/C16H34O3S/c1-4-5-6-7-8-9-10-11-12-13-14-15-16(2)19-20(3,17)18/h16H,4-15H2,1-3H3. The summed E-state index contributed by atoms with van der Waals surface area (Å²) in [6.45, 7) is 4.08. The number of hydrogen-bond acceptors (Lipinski definition) is 3. The van der Waals surface area contributed by atoms with Crippen molar-refractivity contribution in [2.45, 2.75) is 97.0 Å². The second-order valence-electron chi connectivity index (χ2n) is 5.94. The lowest BCUT2D eigenvalue weighted by Crippen LogP contribution is -2.13. The van der Waals surface area contributed by atoms with E-state index in [2.05, 4.69) is 6.92 Å². The maximum Gasteiger partial charge on any atom is 0.264 e. The molecule has 0 aromatic heterocycles. The van der Waals surface area contributed by atoms with E-state index < -0.39 is 10.1 Å². The van der Waals surface area contributed by atoms with E-state index in [0.717, 1.165) is 19.1 Å². The van der Waals surface area contributed by atoms with Gasteiger partial charge < -0.3 is 0 Å². The normalized spacial score (nSPS) is 13.6. The van der Waals surface area contributed by atoms with Gasteiger partial charge in [-0.2, -0.15) is 8.42 Å². The summed E-state index contributed by atoms with van der Waals surface area (Å²) in [5.74, 6) is 0.